The van der Waals surface area contributed by atoms with Gasteiger partial charge in [-0.2, -0.15) is 8.42 Å². The van der Waals surface area contributed by atoms with Crippen LogP contribution >= 0.6 is 0 Å². The maximum absolute atomic E-state index is 12.2. The molecule has 0 aliphatic heterocycles. The van der Waals surface area contributed by atoms with E-state index in [1.807, 2.05) is 0 Å². The van der Waals surface area contributed by atoms with Crippen molar-refractivity contribution in [1.82, 2.24) is 0 Å². The van der Waals surface area contributed by atoms with E-state index in [1.54, 1.807) is 6.08 Å². The largest absolute Gasteiger partial charge is 0.424 e. The van der Waals surface area contributed by atoms with E-state index >= 15 is 0 Å². The predicted octanol–water partition coefficient (Wildman–Crippen LogP) is 4.40. The van der Waals surface area contributed by atoms with Gasteiger partial charge in [0.1, 0.15) is 10.7 Å². The zero-order valence-electron chi connectivity index (χ0n) is 14.7. The van der Waals surface area contributed by atoms with E-state index < -0.39 is 21.0 Å². The Morgan fingerprint density at radius 3 is 2.36 bits per heavy atom. The Hall–Kier alpha value is -2.18. The number of hydrogen-bond donors (Lipinski definition) is 1. The van der Waals surface area contributed by atoms with Crippen molar-refractivity contribution in [3.05, 3.63) is 66.5 Å². The maximum atomic E-state index is 12.2. The molecule has 0 aliphatic rings. The van der Waals surface area contributed by atoms with Gasteiger partial charge in [-0.1, -0.05) is 57.7 Å². The molecule has 1 unspecified atom stereocenters. The van der Waals surface area contributed by atoms with Crippen molar-refractivity contribution in [3.8, 4) is 0 Å². The second-order valence-electron chi connectivity index (χ2n) is 5.99. The lowest BCUT2D eigenvalue weighted by molar-refractivity contribution is 0.0634. The highest BCUT2D eigenvalue weighted by atomic mass is 32.2. The third-order valence-electron chi connectivity index (χ3n) is 3.81. The molecule has 5 nitrogen and oxygen atoms in total. The minimum absolute atomic E-state index is 0.0508. The SMILES string of the molecule is C=C(C=CC(=C)C(CC)C(C)C)OC(=O)c1ccccc1S(=O)(=O)O. The quantitative estimate of drug-likeness (QED) is 0.320. The molecule has 0 fully saturated rings. The van der Waals surface area contributed by atoms with Crippen LogP contribution in [0.5, 0.6) is 0 Å². The lowest BCUT2D eigenvalue weighted by atomic mass is 9.86. The number of rotatable bonds is 8. The third-order valence-corrected chi connectivity index (χ3v) is 4.72. The van der Waals surface area contributed by atoms with Gasteiger partial charge >= 0.3 is 5.97 Å². The van der Waals surface area contributed by atoms with Gasteiger partial charge in [-0.15, -0.1) is 0 Å². The summed E-state index contributed by atoms with van der Waals surface area (Å²) in [5.74, 6) is -0.126. The van der Waals surface area contributed by atoms with Crippen LogP contribution in [0.2, 0.25) is 0 Å². The number of benzene rings is 1. The summed E-state index contributed by atoms with van der Waals surface area (Å²) in [6, 6.07) is 5.25. The molecule has 1 N–H and O–H groups in total. The van der Waals surface area contributed by atoms with Crippen LogP contribution in [0.15, 0.2) is 65.8 Å². The summed E-state index contributed by atoms with van der Waals surface area (Å²) < 4.78 is 36.9. The summed E-state index contributed by atoms with van der Waals surface area (Å²) >= 11 is 0. The fraction of sp³-hybridized carbons (Fsp3) is 0.316. The van der Waals surface area contributed by atoms with E-state index in [2.05, 4.69) is 33.9 Å². The van der Waals surface area contributed by atoms with Gasteiger partial charge in [0.25, 0.3) is 10.1 Å². The van der Waals surface area contributed by atoms with Crippen LogP contribution < -0.4 is 0 Å². The van der Waals surface area contributed by atoms with Crippen LogP contribution in [0, 0.1) is 11.8 Å². The molecule has 0 aliphatic carbocycles. The lowest BCUT2D eigenvalue weighted by Gasteiger charge is -2.19. The topological polar surface area (TPSA) is 80.7 Å². The Bertz CT molecular complexity index is 788. The Morgan fingerprint density at radius 1 is 1.24 bits per heavy atom. The van der Waals surface area contributed by atoms with Gasteiger partial charge in [0, 0.05) is 0 Å². The molecule has 0 spiro atoms. The summed E-state index contributed by atoms with van der Waals surface area (Å²) in [6.07, 6.45) is 4.19. The molecule has 0 saturated carbocycles. The second-order valence-corrected chi connectivity index (χ2v) is 7.38. The summed E-state index contributed by atoms with van der Waals surface area (Å²) in [7, 11) is -4.53. The highest BCUT2D eigenvalue weighted by Crippen LogP contribution is 2.24. The van der Waals surface area contributed by atoms with Gasteiger partial charge in [-0.25, -0.2) is 4.79 Å². The molecule has 0 saturated heterocycles. The summed E-state index contributed by atoms with van der Waals surface area (Å²) in [6.45, 7) is 13.9. The number of carbonyl (C=O) groups excluding carboxylic acids is 1. The van der Waals surface area contributed by atoms with E-state index in [9.17, 15) is 17.8 Å². The van der Waals surface area contributed by atoms with E-state index in [0.717, 1.165) is 18.1 Å². The van der Waals surface area contributed by atoms with Gasteiger partial charge in [0.15, 0.2) is 0 Å². The molecule has 1 rings (SSSR count). The molecule has 25 heavy (non-hydrogen) atoms. The molecular weight excluding hydrogens is 340 g/mol. The Labute approximate surface area is 149 Å². The first-order valence-corrected chi connectivity index (χ1v) is 9.36. The average Bonchev–Trinajstić information content (AvgIpc) is 2.52. The van der Waals surface area contributed by atoms with E-state index in [4.69, 9.17) is 4.74 Å². The van der Waals surface area contributed by atoms with Crippen LogP contribution in [0.3, 0.4) is 0 Å². The summed E-state index contributed by atoms with van der Waals surface area (Å²) in [4.78, 5) is 11.6. The van der Waals surface area contributed by atoms with Gasteiger partial charge in [0.2, 0.25) is 0 Å². The van der Waals surface area contributed by atoms with Gasteiger partial charge < -0.3 is 4.74 Å². The van der Waals surface area contributed by atoms with Crippen molar-refractivity contribution < 1.29 is 22.5 Å². The zero-order valence-corrected chi connectivity index (χ0v) is 15.5. The minimum Gasteiger partial charge on any atom is -0.424 e. The van der Waals surface area contributed by atoms with Crippen molar-refractivity contribution in [2.75, 3.05) is 0 Å². The van der Waals surface area contributed by atoms with E-state index in [-0.39, 0.29) is 11.3 Å². The Morgan fingerprint density at radius 2 is 1.84 bits per heavy atom. The van der Waals surface area contributed by atoms with Crippen molar-refractivity contribution in [2.24, 2.45) is 11.8 Å². The van der Waals surface area contributed by atoms with Gasteiger partial charge in [0.05, 0.1) is 5.56 Å². The average molecular weight is 364 g/mol. The van der Waals surface area contributed by atoms with Crippen molar-refractivity contribution in [2.45, 2.75) is 32.1 Å². The molecule has 6 heteroatoms. The molecule has 0 radical (unpaired) electrons. The Balaban J connectivity index is 2.87. The molecule has 0 aromatic heterocycles. The fourth-order valence-electron chi connectivity index (χ4n) is 2.55. The first-order valence-electron chi connectivity index (χ1n) is 7.92. The highest BCUT2D eigenvalue weighted by Gasteiger charge is 2.21. The standard InChI is InChI=1S/C19H24O5S/c1-6-16(13(2)3)14(4)11-12-15(5)24-19(20)17-9-7-8-10-18(17)25(21,22)23/h7-13,16H,4-6H2,1-3H3,(H,21,22,23). The second kappa shape index (κ2) is 8.78. The van der Waals surface area contributed by atoms with Crippen molar-refractivity contribution in [3.63, 3.8) is 0 Å². The lowest BCUT2D eigenvalue weighted by Crippen LogP contribution is -2.11. The first kappa shape index (κ1) is 20.9. The predicted molar refractivity (Wildman–Crippen MR) is 97.7 cm³/mol. The van der Waals surface area contributed by atoms with Crippen LogP contribution in [0.4, 0.5) is 0 Å². The summed E-state index contributed by atoms with van der Waals surface area (Å²) in [5, 5.41) is 0. The number of hydrogen-bond acceptors (Lipinski definition) is 4. The molecule has 1 aromatic carbocycles. The number of esters is 1. The Kier molecular flexibility index (Phi) is 7.33. The molecule has 0 bridgehead atoms. The number of ether oxygens (including phenoxy) is 1. The smallest absolute Gasteiger partial charge is 0.344 e. The highest BCUT2D eigenvalue weighted by molar-refractivity contribution is 7.86. The van der Waals surface area contributed by atoms with Crippen LogP contribution in [-0.2, 0) is 14.9 Å². The molecular formula is C19H24O5S. The van der Waals surface area contributed by atoms with Gasteiger partial charge in [-0.3, -0.25) is 4.55 Å². The molecule has 0 heterocycles. The van der Waals surface area contributed by atoms with Crippen LogP contribution in [0.1, 0.15) is 37.6 Å². The summed E-state index contributed by atoms with van der Waals surface area (Å²) in [5.41, 5.74) is 0.639. The van der Waals surface area contributed by atoms with Crippen LogP contribution in [0.25, 0.3) is 0 Å². The molecule has 0 amide bonds. The van der Waals surface area contributed by atoms with Crippen LogP contribution in [-0.4, -0.2) is 18.9 Å². The first-order chi connectivity index (χ1) is 11.6. The third kappa shape index (κ3) is 5.99. The maximum Gasteiger partial charge on any atom is 0.344 e. The van der Waals surface area contributed by atoms with E-state index in [0.29, 0.717) is 11.8 Å². The molecule has 1 aromatic rings. The fourth-order valence-corrected chi connectivity index (χ4v) is 3.23. The van der Waals surface area contributed by atoms with Crippen molar-refractivity contribution in [1.29, 1.82) is 0 Å². The normalized spacial score (nSPS) is 13.0. The minimum atomic E-state index is -4.53. The number of carbonyl (C=O) groups is 1. The van der Waals surface area contributed by atoms with E-state index in [1.165, 1.54) is 24.3 Å². The molecule has 1 atom stereocenters. The monoisotopic (exact) mass is 364 g/mol. The molecule has 136 valence electrons. The zero-order chi connectivity index (χ0) is 19.2. The number of allylic oxidation sites excluding steroid dienone is 3. The van der Waals surface area contributed by atoms with Crippen molar-refractivity contribution >= 4 is 16.1 Å². The van der Waals surface area contributed by atoms with Gasteiger partial charge in [-0.05, 0) is 36.5 Å².